The Morgan fingerprint density at radius 1 is 1.06 bits per heavy atom. The van der Waals surface area contributed by atoms with Crippen molar-refractivity contribution in [2.45, 2.75) is 33.1 Å². The van der Waals surface area contributed by atoms with Crippen LogP contribution < -0.4 is 0 Å². The zero-order chi connectivity index (χ0) is 21.8. The van der Waals surface area contributed by atoms with Gasteiger partial charge in [-0.2, -0.15) is 5.10 Å². The predicted molar refractivity (Wildman–Crippen MR) is 133 cm³/mol. The number of rotatable bonds is 7. The van der Waals surface area contributed by atoms with E-state index in [0.717, 1.165) is 41.8 Å². The molecule has 0 radical (unpaired) electrons. The molecule has 0 N–H and O–H groups in total. The maximum atomic E-state index is 13.0. The first-order chi connectivity index (χ1) is 15.1. The zero-order valence-corrected chi connectivity index (χ0v) is 19.4. The van der Waals surface area contributed by atoms with Gasteiger partial charge in [0.25, 0.3) is 5.91 Å². The van der Waals surface area contributed by atoms with Crippen LogP contribution in [0.1, 0.15) is 37.3 Å². The molecule has 1 aliphatic rings. The maximum absolute atomic E-state index is 13.0. The Kier molecular flexibility index (Phi) is 6.68. The lowest BCUT2D eigenvalue weighted by atomic mass is 10.1. The Hall–Kier alpha value is -2.70. The van der Waals surface area contributed by atoms with Crippen LogP contribution in [-0.2, 0) is 4.79 Å². The van der Waals surface area contributed by atoms with E-state index in [1.54, 1.807) is 4.90 Å². The van der Waals surface area contributed by atoms with Crippen LogP contribution in [0.15, 0.2) is 65.7 Å². The van der Waals surface area contributed by atoms with E-state index in [4.69, 9.17) is 17.3 Å². The van der Waals surface area contributed by atoms with E-state index in [0.29, 0.717) is 15.8 Å². The van der Waals surface area contributed by atoms with E-state index in [-0.39, 0.29) is 5.91 Å². The van der Waals surface area contributed by atoms with Gasteiger partial charge in [-0.25, -0.2) is 4.68 Å². The number of thioether (sulfide) groups is 1. The average Bonchev–Trinajstić information content (AvgIpc) is 3.31. The van der Waals surface area contributed by atoms with Crippen LogP contribution in [0.2, 0.25) is 0 Å². The van der Waals surface area contributed by atoms with Crippen molar-refractivity contribution in [2.24, 2.45) is 0 Å². The van der Waals surface area contributed by atoms with Crippen molar-refractivity contribution in [3.05, 3.63) is 76.8 Å². The zero-order valence-electron chi connectivity index (χ0n) is 17.7. The Labute approximate surface area is 193 Å². The third-order valence-corrected chi connectivity index (χ3v) is 6.61. The minimum atomic E-state index is -0.00609. The summed E-state index contributed by atoms with van der Waals surface area (Å²) in [5.74, 6) is -0.00609. The third-order valence-electron chi connectivity index (χ3n) is 5.23. The Balaban J connectivity index is 1.71. The number of unbranched alkanes of at least 4 members (excludes halogenated alkanes) is 2. The van der Waals surface area contributed by atoms with Crippen LogP contribution in [0.25, 0.3) is 23.0 Å². The fourth-order valence-electron chi connectivity index (χ4n) is 3.50. The number of nitrogens with zero attached hydrogens (tertiary/aromatic N) is 3. The lowest BCUT2D eigenvalue weighted by Crippen LogP contribution is -2.28. The summed E-state index contributed by atoms with van der Waals surface area (Å²) in [5.41, 5.74) is 4.94. The van der Waals surface area contributed by atoms with Gasteiger partial charge in [-0.3, -0.25) is 9.69 Å². The molecule has 2 aromatic carbocycles. The molecule has 6 heteroatoms. The van der Waals surface area contributed by atoms with E-state index in [2.05, 4.69) is 38.1 Å². The van der Waals surface area contributed by atoms with Crippen molar-refractivity contribution >= 4 is 40.3 Å². The molecule has 1 aromatic heterocycles. The first-order valence-corrected chi connectivity index (χ1v) is 11.8. The number of para-hydroxylation sites is 1. The molecule has 31 heavy (non-hydrogen) atoms. The fraction of sp³-hybridized carbons (Fsp3) is 0.240. The molecule has 0 aliphatic carbocycles. The van der Waals surface area contributed by atoms with Crippen molar-refractivity contribution in [2.75, 3.05) is 6.54 Å². The van der Waals surface area contributed by atoms with E-state index in [1.807, 2.05) is 47.3 Å². The van der Waals surface area contributed by atoms with Crippen LogP contribution in [0, 0.1) is 6.92 Å². The molecular formula is C25H25N3OS2. The minimum Gasteiger partial charge on any atom is -0.293 e. The predicted octanol–water partition coefficient (Wildman–Crippen LogP) is 6.24. The van der Waals surface area contributed by atoms with Crippen molar-refractivity contribution in [3.8, 4) is 16.9 Å². The summed E-state index contributed by atoms with van der Waals surface area (Å²) in [6, 6.07) is 18.3. The Morgan fingerprint density at radius 3 is 2.52 bits per heavy atom. The van der Waals surface area contributed by atoms with Gasteiger partial charge in [-0.05, 0) is 31.6 Å². The van der Waals surface area contributed by atoms with Gasteiger partial charge in [0.2, 0.25) is 0 Å². The van der Waals surface area contributed by atoms with Crippen molar-refractivity contribution in [1.82, 2.24) is 14.7 Å². The number of aromatic nitrogens is 2. The Bertz CT molecular complexity index is 1120. The summed E-state index contributed by atoms with van der Waals surface area (Å²) < 4.78 is 2.50. The van der Waals surface area contributed by atoms with Crippen LogP contribution in [0.5, 0.6) is 0 Å². The average molecular weight is 448 g/mol. The van der Waals surface area contributed by atoms with Crippen LogP contribution in [0.4, 0.5) is 0 Å². The third kappa shape index (κ3) is 4.81. The van der Waals surface area contributed by atoms with Gasteiger partial charge in [-0.15, -0.1) is 0 Å². The molecular weight excluding hydrogens is 422 g/mol. The molecule has 1 fully saturated rings. The smallest absolute Gasteiger partial charge is 0.266 e. The van der Waals surface area contributed by atoms with Gasteiger partial charge in [0.1, 0.15) is 4.32 Å². The Morgan fingerprint density at radius 2 is 1.81 bits per heavy atom. The molecule has 0 bridgehead atoms. The number of carbonyl (C=O) groups is 1. The van der Waals surface area contributed by atoms with Gasteiger partial charge < -0.3 is 0 Å². The second-order valence-electron chi connectivity index (χ2n) is 7.62. The highest BCUT2D eigenvalue weighted by Crippen LogP contribution is 2.35. The highest BCUT2D eigenvalue weighted by molar-refractivity contribution is 8.26. The van der Waals surface area contributed by atoms with Crippen LogP contribution >= 0.6 is 24.0 Å². The summed E-state index contributed by atoms with van der Waals surface area (Å²) in [7, 11) is 0. The van der Waals surface area contributed by atoms with Crippen molar-refractivity contribution < 1.29 is 4.79 Å². The molecule has 1 saturated heterocycles. The van der Waals surface area contributed by atoms with Gasteiger partial charge in [0.15, 0.2) is 0 Å². The highest BCUT2D eigenvalue weighted by Gasteiger charge is 2.31. The fourth-order valence-corrected chi connectivity index (χ4v) is 4.80. The first kappa shape index (κ1) is 21.5. The van der Waals surface area contributed by atoms with Gasteiger partial charge >= 0.3 is 0 Å². The molecule has 0 unspecified atom stereocenters. The number of amides is 1. The van der Waals surface area contributed by atoms with E-state index < -0.39 is 0 Å². The van der Waals surface area contributed by atoms with E-state index in [9.17, 15) is 4.79 Å². The molecule has 3 aromatic rings. The number of hydrogen-bond acceptors (Lipinski definition) is 4. The normalized spacial score (nSPS) is 15.3. The van der Waals surface area contributed by atoms with Crippen LogP contribution in [-0.4, -0.2) is 31.5 Å². The number of aryl methyl sites for hydroxylation is 1. The molecule has 4 rings (SSSR count). The molecule has 0 atom stereocenters. The second kappa shape index (κ2) is 9.62. The minimum absolute atomic E-state index is 0.00609. The molecule has 1 amide bonds. The van der Waals surface area contributed by atoms with E-state index in [1.165, 1.54) is 17.3 Å². The monoisotopic (exact) mass is 447 g/mol. The first-order valence-electron chi connectivity index (χ1n) is 10.5. The lowest BCUT2D eigenvalue weighted by Gasteiger charge is -2.13. The van der Waals surface area contributed by atoms with Gasteiger partial charge in [0.05, 0.1) is 16.3 Å². The maximum Gasteiger partial charge on any atom is 0.266 e. The molecule has 2 heterocycles. The summed E-state index contributed by atoms with van der Waals surface area (Å²) >= 11 is 6.87. The van der Waals surface area contributed by atoms with Crippen molar-refractivity contribution in [1.29, 1.82) is 0 Å². The number of carbonyl (C=O) groups excluding carboxylic acids is 1. The van der Waals surface area contributed by atoms with Gasteiger partial charge in [0, 0.05) is 23.9 Å². The van der Waals surface area contributed by atoms with Gasteiger partial charge in [-0.1, -0.05) is 91.8 Å². The highest BCUT2D eigenvalue weighted by atomic mass is 32.2. The van der Waals surface area contributed by atoms with Crippen LogP contribution in [0.3, 0.4) is 0 Å². The lowest BCUT2D eigenvalue weighted by molar-refractivity contribution is -0.122. The topological polar surface area (TPSA) is 38.1 Å². The summed E-state index contributed by atoms with van der Waals surface area (Å²) in [5, 5.41) is 4.85. The molecule has 0 spiro atoms. The number of benzene rings is 2. The SMILES string of the molecule is CCCCCN1C(=O)C(=Cc2cn(-c3ccccc3)nc2-c2ccc(C)cc2)SC1=S. The number of hydrogen-bond donors (Lipinski definition) is 0. The second-order valence-corrected chi connectivity index (χ2v) is 9.30. The molecule has 158 valence electrons. The number of thiocarbonyl (C=S) groups is 1. The van der Waals surface area contributed by atoms with Crippen molar-refractivity contribution in [3.63, 3.8) is 0 Å². The summed E-state index contributed by atoms with van der Waals surface area (Å²) in [6.07, 6.45) is 7.09. The van der Waals surface area contributed by atoms with E-state index >= 15 is 0 Å². The molecule has 4 nitrogen and oxygen atoms in total. The summed E-state index contributed by atoms with van der Waals surface area (Å²) in [6.45, 7) is 4.91. The quantitative estimate of drug-likeness (QED) is 0.244. The largest absolute Gasteiger partial charge is 0.293 e. The molecule has 1 aliphatic heterocycles. The summed E-state index contributed by atoms with van der Waals surface area (Å²) in [4.78, 5) is 15.4. The standard InChI is InChI=1S/C25H25N3OS2/c1-3-4-8-15-27-24(29)22(31-25(27)30)16-20-17-28(21-9-6-5-7-10-21)26-23(20)19-13-11-18(2)12-14-19/h5-7,9-14,16-17H,3-4,8,15H2,1-2H3. The molecule has 0 saturated carbocycles.